The van der Waals surface area contributed by atoms with Crippen molar-refractivity contribution in [3.05, 3.63) is 65.7 Å². The first-order valence-electron chi connectivity index (χ1n) is 8.73. The Morgan fingerprint density at radius 2 is 1.56 bits per heavy atom. The average molecular weight is 356 g/mol. The second-order valence-electron chi connectivity index (χ2n) is 6.32. The molecule has 1 aliphatic heterocycles. The molecular weight excluding hydrogens is 330 g/mol. The lowest BCUT2D eigenvalue weighted by Gasteiger charge is -2.34. The van der Waals surface area contributed by atoms with Gasteiger partial charge in [-0.05, 0) is 41.9 Å². The lowest BCUT2D eigenvalue weighted by molar-refractivity contribution is 0.155. The Kier molecular flexibility index (Phi) is 6.25. The molecule has 2 aromatic rings. The summed E-state index contributed by atoms with van der Waals surface area (Å²) in [6.07, 6.45) is 0.953. The highest BCUT2D eigenvalue weighted by Gasteiger charge is 2.16. The summed E-state index contributed by atoms with van der Waals surface area (Å²) < 4.78 is 5.88. The molecule has 4 nitrogen and oxygen atoms in total. The third-order valence-corrected chi connectivity index (χ3v) is 4.79. The monoisotopic (exact) mass is 355 g/mol. The summed E-state index contributed by atoms with van der Waals surface area (Å²) >= 11 is 5.02. The highest BCUT2D eigenvalue weighted by atomic mass is 32.1. The summed E-state index contributed by atoms with van der Waals surface area (Å²) in [4.78, 5) is 4.44. The van der Waals surface area contributed by atoms with Crippen LogP contribution in [0.5, 0.6) is 5.75 Å². The summed E-state index contributed by atoms with van der Waals surface area (Å²) in [5, 5.41) is 0.506. The number of piperazine rings is 1. The third-order valence-electron chi connectivity index (χ3n) is 4.53. The van der Waals surface area contributed by atoms with Crippen molar-refractivity contribution in [2.75, 3.05) is 39.3 Å². The van der Waals surface area contributed by atoms with E-state index in [2.05, 4.69) is 58.3 Å². The van der Waals surface area contributed by atoms with E-state index >= 15 is 0 Å². The number of hydrogen-bond acceptors (Lipinski definition) is 3. The molecule has 0 unspecified atom stereocenters. The van der Waals surface area contributed by atoms with Crippen LogP contribution < -0.4 is 10.5 Å². The van der Waals surface area contributed by atoms with Crippen molar-refractivity contribution in [2.45, 2.75) is 6.42 Å². The summed E-state index contributed by atoms with van der Waals surface area (Å²) in [5.74, 6) is 0.929. The van der Waals surface area contributed by atoms with Gasteiger partial charge in [-0.3, -0.25) is 4.90 Å². The molecule has 0 aliphatic carbocycles. The van der Waals surface area contributed by atoms with E-state index in [1.165, 1.54) is 11.1 Å². The lowest BCUT2D eigenvalue weighted by Crippen LogP contribution is -2.51. The van der Waals surface area contributed by atoms with E-state index in [4.69, 9.17) is 22.7 Å². The van der Waals surface area contributed by atoms with E-state index in [1.807, 2.05) is 6.07 Å². The van der Waals surface area contributed by atoms with Crippen LogP contribution in [0.15, 0.2) is 54.6 Å². The minimum Gasteiger partial charge on any atom is -0.492 e. The number of thiocarbonyl (C=S) groups is 1. The fraction of sp³-hybridized carbons (Fsp3) is 0.350. The van der Waals surface area contributed by atoms with E-state index in [1.54, 1.807) is 0 Å². The molecule has 1 saturated heterocycles. The standard InChI is InChI=1S/C20H25N3OS/c21-20(25)23-12-10-22(11-13-23)14-15-24-19-8-6-18(7-9-19)16-17-4-2-1-3-5-17/h1-9H,10-16H2,(H2,21,25). The minimum absolute atomic E-state index is 0.506. The molecule has 0 amide bonds. The van der Waals surface area contributed by atoms with Crippen LogP contribution >= 0.6 is 12.2 Å². The van der Waals surface area contributed by atoms with Crippen LogP contribution in [0.4, 0.5) is 0 Å². The molecule has 2 N–H and O–H groups in total. The molecule has 0 radical (unpaired) electrons. The Labute approximate surface area is 155 Å². The Balaban J connectivity index is 1.40. The van der Waals surface area contributed by atoms with E-state index in [0.717, 1.165) is 44.9 Å². The molecule has 1 fully saturated rings. The first kappa shape index (κ1) is 17.7. The fourth-order valence-corrected chi connectivity index (χ4v) is 3.20. The first-order chi connectivity index (χ1) is 12.2. The van der Waals surface area contributed by atoms with Gasteiger partial charge >= 0.3 is 0 Å². The van der Waals surface area contributed by atoms with Gasteiger partial charge in [0.2, 0.25) is 0 Å². The van der Waals surface area contributed by atoms with Crippen LogP contribution in [0.3, 0.4) is 0 Å². The summed E-state index contributed by atoms with van der Waals surface area (Å²) in [6, 6.07) is 18.9. The van der Waals surface area contributed by atoms with Gasteiger partial charge in [0.1, 0.15) is 12.4 Å². The first-order valence-corrected chi connectivity index (χ1v) is 9.14. The SMILES string of the molecule is NC(=S)N1CCN(CCOc2ccc(Cc3ccccc3)cc2)CC1. The molecule has 2 aromatic carbocycles. The lowest BCUT2D eigenvalue weighted by atomic mass is 10.1. The molecular formula is C20H25N3OS. The molecule has 0 bridgehead atoms. The van der Waals surface area contributed by atoms with E-state index in [0.29, 0.717) is 11.7 Å². The minimum atomic E-state index is 0.506. The number of ether oxygens (including phenoxy) is 1. The third kappa shape index (κ3) is 5.44. The van der Waals surface area contributed by atoms with Crippen LogP contribution in [0.25, 0.3) is 0 Å². The molecule has 0 spiro atoms. The van der Waals surface area contributed by atoms with Gasteiger partial charge in [0, 0.05) is 32.7 Å². The largest absolute Gasteiger partial charge is 0.492 e. The van der Waals surface area contributed by atoms with Crippen LogP contribution in [-0.2, 0) is 6.42 Å². The topological polar surface area (TPSA) is 41.7 Å². The molecule has 0 saturated carbocycles. The normalized spacial score (nSPS) is 15.1. The van der Waals surface area contributed by atoms with Crippen LogP contribution in [0.2, 0.25) is 0 Å². The molecule has 3 rings (SSSR count). The maximum Gasteiger partial charge on any atom is 0.166 e. The van der Waals surface area contributed by atoms with Gasteiger partial charge in [0.05, 0.1) is 0 Å². The van der Waals surface area contributed by atoms with Crippen molar-refractivity contribution in [1.82, 2.24) is 9.80 Å². The zero-order valence-electron chi connectivity index (χ0n) is 14.4. The second kappa shape index (κ2) is 8.83. The van der Waals surface area contributed by atoms with Gasteiger partial charge in [0.15, 0.2) is 5.11 Å². The maximum absolute atomic E-state index is 5.88. The summed E-state index contributed by atoms with van der Waals surface area (Å²) in [6.45, 7) is 5.41. The second-order valence-corrected chi connectivity index (χ2v) is 6.74. The van der Waals surface area contributed by atoms with E-state index in [9.17, 15) is 0 Å². The summed E-state index contributed by atoms with van der Waals surface area (Å²) in [7, 11) is 0. The molecule has 0 atom stereocenters. The number of hydrogen-bond donors (Lipinski definition) is 1. The van der Waals surface area contributed by atoms with Crippen LogP contribution in [-0.4, -0.2) is 54.2 Å². The highest BCUT2D eigenvalue weighted by Crippen LogP contribution is 2.15. The molecule has 1 aliphatic rings. The van der Waals surface area contributed by atoms with Crippen LogP contribution in [0.1, 0.15) is 11.1 Å². The van der Waals surface area contributed by atoms with Crippen molar-refractivity contribution in [2.24, 2.45) is 5.73 Å². The van der Waals surface area contributed by atoms with Gasteiger partial charge in [-0.25, -0.2) is 0 Å². The Hall–Kier alpha value is -2.11. The van der Waals surface area contributed by atoms with Gasteiger partial charge < -0.3 is 15.4 Å². The quantitative estimate of drug-likeness (QED) is 0.807. The number of nitrogens with zero attached hydrogens (tertiary/aromatic N) is 2. The molecule has 132 valence electrons. The molecule has 5 heteroatoms. The van der Waals surface area contributed by atoms with Crippen molar-refractivity contribution in [3.8, 4) is 5.75 Å². The number of rotatable bonds is 6. The van der Waals surface area contributed by atoms with Gasteiger partial charge in [-0.15, -0.1) is 0 Å². The number of benzene rings is 2. The Morgan fingerprint density at radius 3 is 2.20 bits per heavy atom. The summed E-state index contributed by atoms with van der Waals surface area (Å²) in [5.41, 5.74) is 8.29. The maximum atomic E-state index is 5.88. The van der Waals surface area contributed by atoms with E-state index in [-0.39, 0.29) is 0 Å². The van der Waals surface area contributed by atoms with Gasteiger partial charge in [-0.2, -0.15) is 0 Å². The van der Waals surface area contributed by atoms with E-state index < -0.39 is 0 Å². The van der Waals surface area contributed by atoms with Gasteiger partial charge in [-0.1, -0.05) is 42.5 Å². The smallest absolute Gasteiger partial charge is 0.166 e. The van der Waals surface area contributed by atoms with Gasteiger partial charge in [0.25, 0.3) is 0 Å². The Bertz CT molecular complexity index is 667. The fourth-order valence-electron chi connectivity index (χ4n) is 3.02. The molecule has 1 heterocycles. The number of nitrogens with two attached hydrogens (primary N) is 1. The predicted molar refractivity (Wildman–Crippen MR) is 106 cm³/mol. The molecule has 25 heavy (non-hydrogen) atoms. The zero-order chi connectivity index (χ0) is 17.5. The van der Waals surface area contributed by atoms with Crippen LogP contribution in [0, 0.1) is 0 Å². The van der Waals surface area contributed by atoms with Crippen molar-refractivity contribution < 1.29 is 4.74 Å². The van der Waals surface area contributed by atoms with Crippen molar-refractivity contribution >= 4 is 17.3 Å². The zero-order valence-corrected chi connectivity index (χ0v) is 15.3. The predicted octanol–water partition coefficient (Wildman–Crippen LogP) is 2.52. The van der Waals surface area contributed by atoms with Crippen molar-refractivity contribution in [3.63, 3.8) is 0 Å². The average Bonchev–Trinajstić information content (AvgIpc) is 2.64. The molecule has 0 aromatic heterocycles. The highest BCUT2D eigenvalue weighted by molar-refractivity contribution is 7.80. The van der Waals surface area contributed by atoms with Crippen molar-refractivity contribution in [1.29, 1.82) is 0 Å². The Morgan fingerprint density at radius 1 is 0.920 bits per heavy atom.